The summed E-state index contributed by atoms with van der Waals surface area (Å²) in [5.41, 5.74) is 4.12. The quantitative estimate of drug-likeness (QED) is 0.148. The van der Waals surface area contributed by atoms with Crippen LogP contribution in [0.1, 0.15) is 58.3 Å². The van der Waals surface area contributed by atoms with E-state index in [-0.39, 0.29) is 12.1 Å². The van der Waals surface area contributed by atoms with Gasteiger partial charge in [0.15, 0.2) is 40.1 Å². The highest BCUT2D eigenvalue weighted by Crippen LogP contribution is 2.52. The summed E-state index contributed by atoms with van der Waals surface area (Å²) < 4.78 is 37.1. The van der Waals surface area contributed by atoms with E-state index in [2.05, 4.69) is 48.3 Å². The number of fused-ring (bicyclic) bond motifs is 2. The van der Waals surface area contributed by atoms with Crippen LogP contribution in [0, 0.1) is 0 Å². The van der Waals surface area contributed by atoms with Crippen molar-refractivity contribution in [2.75, 3.05) is 55.7 Å². The number of ether oxygens (including phenoxy) is 6. The molecule has 16 heteroatoms. The molecule has 0 aromatic heterocycles. The fraction of sp³-hybridized carbons (Fsp3) is 0.386. The summed E-state index contributed by atoms with van der Waals surface area (Å²) in [6, 6.07) is 20.7. The Morgan fingerprint density at radius 2 is 1.30 bits per heavy atom. The predicted molar refractivity (Wildman–Crippen MR) is 216 cm³/mol. The predicted octanol–water partition coefficient (Wildman–Crippen LogP) is 5.85. The maximum atomic E-state index is 10.3. The van der Waals surface area contributed by atoms with Gasteiger partial charge in [0.2, 0.25) is 5.75 Å². The summed E-state index contributed by atoms with van der Waals surface area (Å²) in [4.78, 5) is 38.9. The van der Waals surface area contributed by atoms with E-state index in [0.29, 0.717) is 53.2 Å². The van der Waals surface area contributed by atoms with Gasteiger partial charge in [-0.1, -0.05) is 18.2 Å². The van der Waals surface area contributed by atoms with Crippen molar-refractivity contribution in [2.45, 2.75) is 56.2 Å². The second-order valence-corrected chi connectivity index (χ2v) is 14.8. The van der Waals surface area contributed by atoms with Crippen molar-refractivity contribution in [2.24, 2.45) is 0 Å². The first-order valence-corrected chi connectivity index (χ1v) is 19.2. The summed E-state index contributed by atoms with van der Waals surface area (Å²) in [6.45, 7) is 1.65. The monoisotopic (exact) mass is 830 g/mol. The lowest BCUT2D eigenvalue weighted by Crippen LogP contribution is -2.42. The number of carbonyl (C=O) groups is 3. The number of likely N-dealkylation sites (N-methyl/N-ethyl adjacent to an activating group) is 1. The highest BCUT2D eigenvalue weighted by Gasteiger charge is 2.41. The molecule has 0 amide bonds. The number of methoxy groups -OCH3 is 4. The van der Waals surface area contributed by atoms with E-state index in [1.807, 2.05) is 29.3 Å². The Balaban J connectivity index is 0.000000402. The van der Waals surface area contributed by atoms with Gasteiger partial charge in [-0.15, -0.1) is 0 Å². The Kier molecular flexibility index (Phi) is 13.4. The smallest absolute Gasteiger partial charge is 0.336 e. The van der Waals surface area contributed by atoms with E-state index >= 15 is 0 Å². The first-order valence-electron chi connectivity index (χ1n) is 19.2. The number of rotatable bonds is 10. The largest absolute Gasteiger partial charge is 0.493 e. The van der Waals surface area contributed by atoms with Crippen molar-refractivity contribution in [1.29, 1.82) is 0 Å². The molecule has 2 atom stereocenters. The molecule has 0 spiro atoms. The number of hydrogen-bond donors (Lipinski definition) is 4. The Bertz CT molecular complexity index is 2210. The number of carboxylic acids is 3. The second kappa shape index (κ2) is 18.5. The zero-order valence-corrected chi connectivity index (χ0v) is 34.4. The molecule has 4 N–H and O–H groups in total. The van der Waals surface area contributed by atoms with Crippen LogP contribution in [0.3, 0.4) is 0 Å². The molecule has 0 fully saturated rings. The lowest BCUT2D eigenvalue weighted by atomic mass is 9.87. The van der Waals surface area contributed by atoms with Crippen molar-refractivity contribution in [3.8, 4) is 46.0 Å². The summed E-state index contributed by atoms with van der Waals surface area (Å²) in [5.74, 6) is 0.0896. The van der Waals surface area contributed by atoms with Gasteiger partial charge in [-0.2, -0.15) is 5.06 Å². The third kappa shape index (κ3) is 9.21. The molecular weight excluding hydrogens is 780 g/mol. The maximum absolute atomic E-state index is 10.3. The average Bonchev–Trinajstić information content (AvgIpc) is 3.21. The molecule has 0 aliphatic carbocycles. The molecule has 4 aromatic rings. The zero-order valence-electron chi connectivity index (χ0n) is 34.4. The van der Waals surface area contributed by atoms with Crippen LogP contribution in [-0.2, 0) is 44.9 Å². The molecule has 4 aromatic carbocycles. The summed E-state index contributed by atoms with van der Waals surface area (Å²) in [7, 11) is 10.6. The van der Waals surface area contributed by atoms with E-state index in [1.165, 1.54) is 16.7 Å². The first-order chi connectivity index (χ1) is 28.7. The van der Waals surface area contributed by atoms with Gasteiger partial charge < -0.3 is 53.7 Å². The van der Waals surface area contributed by atoms with Crippen LogP contribution in [0.2, 0.25) is 0 Å². The lowest BCUT2D eigenvalue weighted by molar-refractivity contribution is -0.170. The number of aliphatic carboxylic acids is 3. The molecule has 4 aliphatic heterocycles. The molecule has 16 nitrogen and oxygen atoms in total. The van der Waals surface area contributed by atoms with Gasteiger partial charge in [-0.05, 0) is 103 Å². The topological polar surface area (TPSA) is 203 Å². The van der Waals surface area contributed by atoms with Gasteiger partial charge in [0, 0.05) is 24.7 Å². The van der Waals surface area contributed by atoms with Crippen LogP contribution in [0.4, 0.5) is 0 Å². The average molecular weight is 831 g/mol. The van der Waals surface area contributed by atoms with Crippen molar-refractivity contribution in [3.63, 3.8) is 0 Å². The van der Waals surface area contributed by atoms with Crippen molar-refractivity contribution in [1.82, 2.24) is 9.96 Å². The van der Waals surface area contributed by atoms with Gasteiger partial charge in [-0.3, -0.25) is 14.5 Å². The van der Waals surface area contributed by atoms with Gasteiger partial charge in [0.1, 0.15) is 5.75 Å². The molecule has 0 saturated heterocycles. The van der Waals surface area contributed by atoms with E-state index in [0.717, 1.165) is 48.2 Å². The standard InChI is InChI=1S/C38H42N2O7.C6H8O7/c1-39-15-13-25-20-32(42-3)34-22-28(25)29(39)17-23-7-10-27(11-8-23)46-33-19-24(9-12-31(33)41-2)18-30-36-26(14-16-40(30)45-6)21-35(43-4)37(44-5)38(36)47-34;7-3(8)1-6(13,5(11)12)2-4(9)10/h7-12,19-22,29-30H,13-18H2,1-6H3;13H,1-2H2,(H,7,8)(H,9,10)(H,11,12)/t29-,30-;/m0./s1. The highest BCUT2D eigenvalue weighted by atomic mass is 16.7. The molecule has 8 rings (SSSR count). The molecule has 60 heavy (non-hydrogen) atoms. The molecular formula is C44H50N2O14. The third-order valence-corrected chi connectivity index (χ3v) is 11.1. The van der Waals surface area contributed by atoms with Gasteiger partial charge in [0.05, 0.1) is 54.4 Å². The first kappa shape index (κ1) is 43.5. The summed E-state index contributed by atoms with van der Waals surface area (Å²) in [6.07, 6.45) is 0.825. The number of hydrogen-bond acceptors (Lipinski definition) is 13. The van der Waals surface area contributed by atoms with Crippen LogP contribution < -0.4 is 28.4 Å². The molecule has 4 heterocycles. The summed E-state index contributed by atoms with van der Waals surface area (Å²) in [5, 5.41) is 35.8. The van der Waals surface area contributed by atoms with E-state index < -0.39 is 36.4 Å². The van der Waals surface area contributed by atoms with Gasteiger partial charge in [-0.25, -0.2) is 4.79 Å². The van der Waals surface area contributed by atoms with Crippen LogP contribution in [0.25, 0.3) is 0 Å². The fourth-order valence-electron chi connectivity index (χ4n) is 8.01. The van der Waals surface area contributed by atoms with E-state index in [9.17, 15) is 14.4 Å². The molecule has 6 bridgehead atoms. The number of hydroxylamine groups is 2. The van der Waals surface area contributed by atoms with Crippen LogP contribution in [0.15, 0.2) is 60.7 Å². The highest BCUT2D eigenvalue weighted by molar-refractivity contribution is 5.88. The molecule has 4 aliphatic rings. The van der Waals surface area contributed by atoms with Crippen LogP contribution >= 0.6 is 0 Å². The zero-order chi connectivity index (χ0) is 43.3. The van der Waals surface area contributed by atoms with Crippen molar-refractivity contribution in [3.05, 3.63) is 94.0 Å². The lowest BCUT2D eigenvalue weighted by Gasteiger charge is -2.38. The number of benzene rings is 4. The molecule has 320 valence electrons. The second-order valence-electron chi connectivity index (χ2n) is 14.8. The van der Waals surface area contributed by atoms with E-state index in [4.69, 9.17) is 53.7 Å². The van der Waals surface area contributed by atoms with Gasteiger partial charge >= 0.3 is 17.9 Å². The Morgan fingerprint density at radius 1 is 0.700 bits per heavy atom. The Labute approximate surface area is 347 Å². The molecule has 0 radical (unpaired) electrons. The summed E-state index contributed by atoms with van der Waals surface area (Å²) >= 11 is 0. The Morgan fingerprint density at radius 3 is 1.90 bits per heavy atom. The minimum absolute atomic E-state index is 0.146. The van der Waals surface area contributed by atoms with Crippen molar-refractivity contribution < 1.29 is 68.1 Å². The van der Waals surface area contributed by atoms with E-state index in [1.54, 1.807) is 35.5 Å². The number of aliphatic hydroxyl groups is 1. The maximum Gasteiger partial charge on any atom is 0.336 e. The third-order valence-electron chi connectivity index (χ3n) is 11.1. The number of nitrogens with zero attached hydrogens (tertiary/aromatic N) is 2. The molecule has 0 saturated carbocycles. The van der Waals surface area contributed by atoms with Crippen LogP contribution in [0.5, 0.6) is 46.0 Å². The Hall–Kier alpha value is -6.07. The SMILES string of the molecule is COc1ccc2cc1Oc1ccc(cc1)C[C@H]1c3cc(c(OC)cc3CCN1C)Oc1c(OC)c(OC)cc3c1[C@H](C2)N(OC)CC3.O=C(O)CC(O)(CC(=O)O)C(=O)O. The fourth-order valence-corrected chi connectivity index (χ4v) is 8.01. The number of carboxylic acid groups (broad SMARTS) is 3. The minimum atomic E-state index is -2.74. The van der Waals surface area contributed by atoms with Crippen molar-refractivity contribution >= 4 is 17.9 Å². The normalized spacial score (nSPS) is 17.2. The van der Waals surface area contributed by atoms with Crippen LogP contribution in [-0.4, -0.2) is 110 Å². The van der Waals surface area contributed by atoms with Gasteiger partial charge in [0.25, 0.3) is 0 Å². The minimum Gasteiger partial charge on any atom is -0.493 e. The molecule has 0 unspecified atom stereocenters.